The second kappa shape index (κ2) is 6.74. The fourth-order valence-corrected chi connectivity index (χ4v) is 2.02. The van der Waals surface area contributed by atoms with Gasteiger partial charge in [0.05, 0.1) is 5.56 Å². The predicted octanol–water partition coefficient (Wildman–Crippen LogP) is 2.40. The first-order valence-corrected chi connectivity index (χ1v) is 6.69. The van der Waals surface area contributed by atoms with Crippen molar-refractivity contribution in [3.63, 3.8) is 0 Å². The Morgan fingerprint density at radius 2 is 2.00 bits per heavy atom. The molecule has 0 saturated heterocycles. The quantitative estimate of drug-likeness (QED) is 0.855. The first kappa shape index (κ1) is 14.8. The molecular weight excluding hydrogens is 270 g/mol. The number of carbonyl (C=O) groups excluding carboxylic acids is 1. The average Bonchev–Trinajstić information content (AvgIpc) is 2.90. The van der Waals surface area contributed by atoms with Crippen LogP contribution in [0, 0.1) is 6.92 Å². The van der Waals surface area contributed by atoms with Crippen LogP contribution in [0.4, 0.5) is 0 Å². The Labute approximate surface area is 122 Å². The summed E-state index contributed by atoms with van der Waals surface area (Å²) >= 11 is 0. The third kappa shape index (κ3) is 4.21. The Morgan fingerprint density at radius 3 is 2.57 bits per heavy atom. The highest BCUT2D eigenvalue weighted by Crippen LogP contribution is 2.09. The molecule has 0 fully saturated rings. The number of aryl methyl sites for hydroxylation is 2. The molecule has 0 aliphatic carbocycles. The van der Waals surface area contributed by atoms with E-state index < -0.39 is 17.9 Å². The minimum Gasteiger partial charge on any atom is -0.480 e. The molecule has 2 N–H and O–H groups in total. The lowest BCUT2D eigenvalue weighted by molar-refractivity contribution is -0.139. The normalized spacial score (nSPS) is 11.9. The molecule has 110 valence electrons. The van der Waals surface area contributed by atoms with Gasteiger partial charge >= 0.3 is 5.97 Å². The Morgan fingerprint density at radius 1 is 1.29 bits per heavy atom. The van der Waals surface area contributed by atoms with Crippen molar-refractivity contribution >= 4 is 11.9 Å². The van der Waals surface area contributed by atoms with Gasteiger partial charge in [0.2, 0.25) is 0 Å². The number of carboxylic acids is 1. The number of nitrogens with one attached hydrogen (secondary N) is 1. The number of carbonyl (C=O) groups is 2. The number of benzene rings is 1. The van der Waals surface area contributed by atoms with Crippen molar-refractivity contribution in [1.29, 1.82) is 0 Å². The lowest BCUT2D eigenvalue weighted by Crippen LogP contribution is -2.41. The van der Waals surface area contributed by atoms with Gasteiger partial charge in [-0.25, -0.2) is 4.79 Å². The lowest BCUT2D eigenvalue weighted by atomic mass is 10.1. The second-order valence-corrected chi connectivity index (χ2v) is 4.83. The topological polar surface area (TPSA) is 79.5 Å². The zero-order chi connectivity index (χ0) is 15.2. The highest BCUT2D eigenvalue weighted by Gasteiger charge is 2.21. The van der Waals surface area contributed by atoms with Crippen LogP contribution in [-0.4, -0.2) is 23.0 Å². The molecule has 0 aliphatic rings. The fourth-order valence-electron chi connectivity index (χ4n) is 2.02. The number of rotatable bonds is 6. The minimum absolute atomic E-state index is 0.332. The Bertz CT molecular complexity index is 618. The van der Waals surface area contributed by atoms with Crippen LogP contribution in [0.5, 0.6) is 0 Å². The summed E-state index contributed by atoms with van der Waals surface area (Å²) in [5.74, 6) is -0.872. The van der Waals surface area contributed by atoms with Crippen LogP contribution in [0.1, 0.15) is 28.1 Å². The van der Waals surface area contributed by atoms with E-state index in [1.165, 1.54) is 6.26 Å². The standard InChI is InChI=1S/C16H17NO4/c1-11-9-13(10-21-11)15(18)17-14(16(19)20)8-7-12-5-3-2-4-6-12/h2-6,9-10,14H,7-8H2,1H3,(H,17,18)(H,19,20)/t14-/m0/s1. The monoisotopic (exact) mass is 287 g/mol. The van der Waals surface area contributed by atoms with Gasteiger partial charge in [0.25, 0.3) is 5.91 Å². The maximum Gasteiger partial charge on any atom is 0.326 e. The van der Waals surface area contributed by atoms with Crippen LogP contribution in [0.2, 0.25) is 0 Å². The van der Waals surface area contributed by atoms with Crippen molar-refractivity contribution in [2.45, 2.75) is 25.8 Å². The molecule has 5 nitrogen and oxygen atoms in total. The summed E-state index contributed by atoms with van der Waals surface area (Å²) in [6.07, 6.45) is 2.24. The van der Waals surface area contributed by atoms with E-state index in [9.17, 15) is 14.7 Å². The minimum atomic E-state index is -1.04. The molecule has 1 amide bonds. The summed E-state index contributed by atoms with van der Waals surface area (Å²) < 4.78 is 5.05. The molecule has 5 heteroatoms. The summed E-state index contributed by atoms with van der Waals surface area (Å²) in [6.45, 7) is 1.72. The molecule has 21 heavy (non-hydrogen) atoms. The summed E-state index contributed by atoms with van der Waals surface area (Å²) in [6, 6.07) is 10.2. The molecule has 2 rings (SSSR count). The van der Waals surface area contributed by atoms with Gasteiger partial charge in [0.15, 0.2) is 0 Å². The fraction of sp³-hybridized carbons (Fsp3) is 0.250. The maximum atomic E-state index is 11.9. The summed E-state index contributed by atoms with van der Waals surface area (Å²) in [4.78, 5) is 23.2. The van der Waals surface area contributed by atoms with Gasteiger partial charge in [-0.1, -0.05) is 30.3 Å². The number of amides is 1. The molecule has 0 unspecified atom stereocenters. The van der Waals surface area contributed by atoms with E-state index in [2.05, 4.69) is 5.32 Å². The molecule has 0 radical (unpaired) electrons. The van der Waals surface area contributed by atoms with E-state index >= 15 is 0 Å². The Balaban J connectivity index is 1.96. The molecule has 0 saturated carbocycles. The SMILES string of the molecule is Cc1cc(C(=O)N[C@@H](CCc2ccccc2)C(=O)O)co1. The van der Waals surface area contributed by atoms with Gasteiger partial charge < -0.3 is 14.8 Å². The van der Waals surface area contributed by atoms with Crippen molar-refractivity contribution in [3.05, 3.63) is 59.5 Å². The van der Waals surface area contributed by atoms with Crippen molar-refractivity contribution < 1.29 is 19.1 Å². The van der Waals surface area contributed by atoms with E-state index in [0.29, 0.717) is 24.2 Å². The van der Waals surface area contributed by atoms with Gasteiger partial charge in [-0.2, -0.15) is 0 Å². The van der Waals surface area contributed by atoms with Gasteiger partial charge in [-0.05, 0) is 31.4 Å². The molecule has 1 aromatic carbocycles. The molecule has 1 atom stereocenters. The number of hydrogen-bond donors (Lipinski definition) is 2. The largest absolute Gasteiger partial charge is 0.480 e. The number of aliphatic carboxylic acids is 1. The van der Waals surface area contributed by atoms with Crippen LogP contribution in [0.15, 0.2) is 47.1 Å². The number of hydrogen-bond acceptors (Lipinski definition) is 3. The van der Waals surface area contributed by atoms with Crippen LogP contribution >= 0.6 is 0 Å². The highest BCUT2D eigenvalue weighted by atomic mass is 16.4. The van der Waals surface area contributed by atoms with Gasteiger partial charge in [0, 0.05) is 0 Å². The number of furan rings is 1. The third-order valence-electron chi connectivity index (χ3n) is 3.16. The zero-order valence-corrected chi connectivity index (χ0v) is 11.7. The van der Waals surface area contributed by atoms with E-state index in [-0.39, 0.29) is 0 Å². The van der Waals surface area contributed by atoms with Crippen LogP contribution in [0.25, 0.3) is 0 Å². The smallest absolute Gasteiger partial charge is 0.326 e. The van der Waals surface area contributed by atoms with Crippen molar-refractivity contribution in [1.82, 2.24) is 5.32 Å². The number of carboxylic acid groups (broad SMARTS) is 1. The van der Waals surface area contributed by atoms with Crippen LogP contribution < -0.4 is 5.32 Å². The summed E-state index contributed by atoms with van der Waals surface area (Å²) in [7, 11) is 0. The summed E-state index contributed by atoms with van der Waals surface area (Å²) in [5.41, 5.74) is 1.37. The first-order valence-electron chi connectivity index (χ1n) is 6.69. The van der Waals surface area contributed by atoms with E-state index in [4.69, 9.17) is 4.42 Å². The van der Waals surface area contributed by atoms with Crippen LogP contribution in [-0.2, 0) is 11.2 Å². The van der Waals surface area contributed by atoms with Crippen molar-refractivity contribution in [3.8, 4) is 0 Å². The van der Waals surface area contributed by atoms with Crippen molar-refractivity contribution in [2.24, 2.45) is 0 Å². The molecule has 1 heterocycles. The van der Waals surface area contributed by atoms with E-state index in [1.807, 2.05) is 30.3 Å². The van der Waals surface area contributed by atoms with Crippen LogP contribution in [0.3, 0.4) is 0 Å². The highest BCUT2D eigenvalue weighted by molar-refractivity contribution is 5.96. The van der Waals surface area contributed by atoms with Gasteiger partial charge in [-0.15, -0.1) is 0 Å². The third-order valence-corrected chi connectivity index (χ3v) is 3.16. The zero-order valence-electron chi connectivity index (χ0n) is 11.7. The summed E-state index contributed by atoms with van der Waals surface area (Å²) in [5, 5.41) is 11.7. The lowest BCUT2D eigenvalue weighted by Gasteiger charge is -2.13. The Kier molecular flexibility index (Phi) is 4.77. The van der Waals surface area contributed by atoms with Gasteiger partial charge in [-0.3, -0.25) is 4.79 Å². The van der Waals surface area contributed by atoms with E-state index in [0.717, 1.165) is 5.56 Å². The maximum absolute atomic E-state index is 11.9. The van der Waals surface area contributed by atoms with E-state index in [1.54, 1.807) is 13.0 Å². The molecule has 0 aliphatic heterocycles. The predicted molar refractivity (Wildman–Crippen MR) is 77.1 cm³/mol. The molecular formula is C16H17NO4. The first-order chi connectivity index (χ1) is 10.1. The Hall–Kier alpha value is -2.56. The molecule has 0 spiro atoms. The average molecular weight is 287 g/mol. The van der Waals surface area contributed by atoms with Gasteiger partial charge in [0.1, 0.15) is 18.1 Å². The molecule has 2 aromatic rings. The molecule has 0 bridgehead atoms. The second-order valence-electron chi connectivity index (χ2n) is 4.83. The molecule has 1 aromatic heterocycles. The van der Waals surface area contributed by atoms with Crippen molar-refractivity contribution in [2.75, 3.05) is 0 Å².